The van der Waals surface area contributed by atoms with Gasteiger partial charge in [-0.2, -0.15) is 5.26 Å². The molecule has 0 atom stereocenters. The molecule has 2 heterocycles. The maximum absolute atomic E-state index is 10.8. The zero-order valence-electron chi connectivity index (χ0n) is 13.6. The lowest BCUT2D eigenvalue weighted by Gasteiger charge is -2.39. The lowest BCUT2D eigenvalue weighted by molar-refractivity contribution is -0.384. The van der Waals surface area contributed by atoms with Crippen molar-refractivity contribution in [3.8, 4) is 6.07 Å². The summed E-state index contributed by atoms with van der Waals surface area (Å²) in [6.07, 6.45) is 4.25. The van der Waals surface area contributed by atoms with Gasteiger partial charge in [-0.05, 0) is 31.7 Å². The molecule has 1 aromatic carbocycles. The summed E-state index contributed by atoms with van der Waals surface area (Å²) in [6, 6.07) is 7.40. The Morgan fingerprint density at radius 2 is 1.96 bits per heavy atom. The standard InChI is InChI=1S/C17H22N4O3/c18-12-13-11-16(21(22)23)1-2-17(13)19-14-3-7-20(8-4-14)15-5-9-24-10-6-15/h1-2,11,14-15,19H,3-10H2. The van der Waals surface area contributed by atoms with Gasteiger partial charge in [-0.15, -0.1) is 0 Å². The summed E-state index contributed by atoms with van der Waals surface area (Å²) < 4.78 is 5.43. The lowest BCUT2D eigenvalue weighted by atomic mass is 9.99. The van der Waals surface area contributed by atoms with E-state index < -0.39 is 4.92 Å². The highest BCUT2D eigenvalue weighted by Gasteiger charge is 2.26. The predicted molar refractivity (Wildman–Crippen MR) is 89.9 cm³/mol. The van der Waals surface area contributed by atoms with Crippen molar-refractivity contribution < 1.29 is 9.66 Å². The molecule has 2 fully saturated rings. The molecule has 128 valence electrons. The number of piperidine rings is 1. The summed E-state index contributed by atoms with van der Waals surface area (Å²) >= 11 is 0. The van der Waals surface area contributed by atoms with E-state index in [0.717, 1.165) is 52.0 Å². The molecule has 24 heavy (non-hydrogen) atoms. The van der Waals surface area contributed by atoms with Crippen LogP contribution < -0.4 is 5.32 Å². The van der Waals surface area contributed by atoms with Crippen molar-refractivity contribution in [2.24, 2.45) is 0 Å². The van der Waals surface area contributed by atoms with Crippen LogP contribution in [0.4, 0.5) is 11.4 Å². The fourth-order valence-corrected chi connectivity index (χ4v) is 3.54. The van der Waals surface area contributed by atoms with E-state index >= 15 is 0 Å². The number of nitrogens with zero attached hydrogens (tertiary/aromatic N) is 3. The monoisotopic (exact) mass is 330 g/mol. The Labute approximate surface area is 141 Å². The third-order valence-electron chi connectivity index (χ3n) is 4.93. The second-order valence-corrected chi connectivity index (χ2v) is 6.40. The molecule has 7 nitrogen and oxygen atoms in total. The van der Waals surface area contributed by atoms with Crippen LogP contribution in [0.3, 0.4) is 0 Å². The number of nitrogens with one attached hydrogen (secondary N) is 1. The van der Waals surface area contributed by atoms with Crippen LogP contribution >= 0.6 is 0 Å². The molecule has 3 rings (SSSR count). The molecule has 0 spiro atoms. The second-order valence-electron chi connectivity index (χ2n) is 6.40. The van der Waals surface area contributed by atoms with Crippen molar-refractivity contribution >= 4 is 11.4 Å². The van der Waals surface area contributed by atoms with Crippen molar-refractivity contribution in [1.82, 2.24) is 4.90 Å². The molecule has 2 aliphatic heterocycles. The number of nitriles is 1. The summed E-state index contributed by atoms with van der Waals surface area (Å²) in [7, 11) is 0. The first-order chi connectivity index (χ1) is 11.7. The van der Waals surface area contributed by atoms with Crippen LogP contribution in [0.1, 0.15) is 31.2 Å². The summed E-state index contributed by atoms with van der Waals surface area (Å²) in [6.45, 7) is 3.79. The Bertz CT molecular complexity index is 629. The maximum atomic E-state index is 10.8. The first kappa shape index (κ1) is 16.7. The number of rotatable bonds is 4. The van der Waals surface area contributed by atoms with E-state index in [1.165, 1.54) is 12.1 Å². The minimum atomic E-state index is -0.475. The number of nitro groups is 1. The van der Waals surface area contributed by atoms with Gasteiger partial charge < -0.3 is 15.0 Å². The molecule has 0 aromatic heterocycles. The smallest absolute Gasteiger partial charge is 0.270 e. The molecule has 0 unspecified atom stereocenters. The summed E-state index contributed by atoms with van der Waals surface area (Å²) in [5.74, 6) is 0. The average Bonchev–Trinajstić information content (AvgIpc) is 2.63. The van der Waals surface area contributed by atoms with E-state index in [9.17, 15) is 15.4 Å². The number of non-ortho nitro benzene ring substituents is 1. The van der Waals surface area contributed by atoms with Gasteiger partial charge in [0.1, 0.15) is 6.07 Å². The number of likely N-dealkylation sites (tertiary alicyclic amines) is 1. The Morgan fingerprint density at radius 3 is 2.58 bits per heavy atom. The van der Waals surface area contributed by atoms with Gasteiger partial charge in [0.05, 0.1) is 16.2 Å². The number of benzene rings is 1. The fourth-order valence-electron chi connectivity index (χ4n) is 3.54. The Kier molecular flexibility index (Phi) is 5.28. The van der Waals surface area contributed by atoms with Gasteiger partial charge in [-0.1, -0.05) is 0 Å². The van der Waals surface area contributed by atoms with Gasteiger partial charge in [-0.25, -0.2) is 0 Å². The topological polar surface area (TPSA) is 91.4 Å². The maximum Gasteiger partial charge on any atom is 0.270 e. The molecular weight excluding hydrogens is 308 g/mol. The normalized spacial score (nSPS) is 20.5. The van der Waals surface area contributed by atoms with Gasteiger partial charge >= 0.3 is 0 Å². The first-order valence-electron chi connectivity index (χ1n) is 8.44. The predicted octanol–water partition coefficient (Wildman–Crippen LogP) is 2.52. The molecule has 2 saturated heterocycles. The van der Waals surface area contributed by atoms with Crippen LogP contribution in [0.5, 0.6) is 0 Å². The lowest BCUT2D eigenvalue weighted by Crippen LogP contribution is -2.46. The number of hydrogen-bond acceptors (Lipinski definition) is 6. The van der Waals surface area contributed by atoms with Crippen molar-refractivity contribution in [2.45, 2.75) is 37.8 Å². The van der Waals surface area contributed by atoms with Crippen molar-refractivity contribution in [3.63, 3.8) is 0 Å². The molecule has 0 amide bonds. The molecule has 1 N–H and O–H groups in total. The van der Waals surface area contributed by atoms with E-state index in [4.69, 9.17) is 4.74 Å². The third kappa shape index (κ3) is 3.83. The minimum absolute atomic E-state index is 0.0496. The van der Waals surface area contributed by atoms with Gasteiger partial charge in [0.25, 0.3) is 5.69 Å². The zero-order valence-corrected chi connectivity index (χ0v) is 13.6. The van der Waals surface area contributed by atoms with E-state index in [2.05, 4.69) is 10.2 Å². The second kappa shape index (κ2) is 7.60. The van der Waals surface area contributed by atoms with Crippen molar-refractivity contribution in [3.05, 3.63) is 33.9 Å². The zero-order chi connectivity index (χ0) is 16.9. The largest absolute Gasteiger partial charge is 0.381 e. The molecule has 0 radical (unpaired) electrons. The molecule has 0 aliphatic carbocycles. The SMILES string of the molecule is N#Cc1cc([N+](=O)[O-])ccc1NC1CCN(C2CCOCC2)CC1. The Hall–Kier alpha value is -2.17. The van der Waals surface area contributed by atoms with E-state index in [1.807, 2.05) is 6.07 Å². The van der Waals surface area contributed by atoms with Crippen LogP contribution in [0.15, 0.2) is 18.2 Å². The highest BCUT2D eigenvalue weighted by molar-refractivity contribution is 5.61. The molecule has 1 aromatic rings. The molecule has 7 heteroatoms. The van der Waals surface area contributed by atoms with Crippen LogP contribution in [0, 0.1) is 21.4 Å². The van der Waals surface area contributed by atoms with E-state index in [-0.39, 0.29) is 5.69 Å². The third-order valence-corrected chi connectivity index (χ3v) is 4.93. The summed E-state index contributed by atoms with van der Waals surface area (Å²) in [4.78, 5) is 12.9. The van der Waals surface area contributed by atoms with Crippen molar-refractivity contribution in [1.29, 1.82) is 5.26 Å². The molecule has 0 bridgehead atoms. The van der Waals surface area contributed by atoms with Crippen LogP contribution in [-0.4, -0.2) is 48.2 Å². The number of hydrogen-bond donors (Lipinski definition) is 1. The Balaban J connectivity index is 1.58. The van der Waals surface area contributed by atoms with Gasteiger partial charge in [0, 0.05) is 50.5 Å². The van der Waals surface area contributed by atoms with E-state index in [0.29, 0.717) is 23.3 Å². The van der Waals surface area contributed by atoms with Crippen LogP contribution in [0.25, 0.3) is 0 Å². The number of anilines is 1. The fraction of sp³-hybridized carbons (Fsp3) is 0.588. The minimum Gasteiger partial charge on any atom is -0.381 e. The van der Waals surface area contributed by atoms with Gasteiger partial charge in [-0.3, -0.25) is 10.1 Å². The summed E-state index contributed by atoms with van der Waals surface area (Å²) in [5.41, 5.74) is 0.968. The van der Waals surface area contributed by atoms with Gasteiger partial charge in [0.2, 0.25) is 0 Å². The number of ether oxygens (including phenoxy) is 1. The highest BCUT2D eigenvalue weighted by Crippen LogP contribution is 2.25. The summed E-state index contributed by atoms with van der Waals surface area (Å²) in [5, 5.41) is 23.4. The van der Waals surface area contributed by atoms with Crippen LogP contribution in [-0.2, 0) is 4.74 Å². The first-order valence-corrected chi connectivity index (χ1v) is 8.44. The number of nitro benzene ring substituents is 1. The quantitative estimate of drug-likeness (QED) is 0.674. The Morgan fingerprint density at radius 1 is 1.25 bits per heavy atom. The molecule has 2 aliphatic rings. The van der Waals surface area contributed by atoms with Crippen molar-refractivity contribution in [2.75, 3.05) is 31.6 Å². The highest BCUT2D eigenvalue weighted by atomic mass is 16.6. The average molecular weight is 330 g/mol. The molecular formula is C17H22N4O3. The van der Waals surface area contributed by atoms with E-state index in [1.54, 1.807) is 6.07 Å². The van der Waals surface area contributed by atoms with Gasteiger partial charge in [0.15, 0.2) is 0 Å². The van der Waals surface area contributed by atoms with Crippen LogP contribution in [0.2, 0.25) is 0 Å². The molecule has 0 saturated carbocycles.